The Labute approximate surface area is 183 Å². The van der Waals surface area contributed by atoms with Gasteiger partial charge in [0.1, 0.15) is 6.61 Å². The van der Waals surface area contributed by atoms with Crippen LogP contribution in [0.1, 0.15) is 31.9 Å². The Morgan fingerprint density at radius 3 is 2.39 bits per heavy atom. The minimum Gasteiger partial charge on any atom is -0.462 e. The van der Waals surface area contributed by atoms with Gasteiger partial charge in [-0.15, -0.1) is 0 Å². The van der Waals surface area contributed by atoms with Crippen LogP contribution in [-0.4, -0.2) is 35.6 Å². The molecule has 0 saturated heterocycles. The molecule has 0 aliphatic carbocycles. The lowest BCUT2D eigenvalue weighted by atomic mass is 10.1. The first kappa shape index (κ1) is 24.3. The molecule has 166 valence electrons. The number of hydrogen-bond donors (Lipinski definition) is 1. The second kappa shape index (κ2) is 12.7. The van der Waals surface area contributed by atoms with E-state index in [9.17, 15) is 14.2 Å². The van der Waals surface area contributed by atoms with Crippen LogP contribution in [0.25, 0.3) is 0 Å². The van der Waals surface area contributed by atoms with Crippen molar-refractivity contribution in [3.8, 4) is 5.75 Å². The number of carbonyl (C=O) groups excluding carboxylic acids is 2. The molecule has 8 nitrogen and oxygen atoms in total. The van der Waals surface area contributed by atoms with Crippen LogP contribution in [0.2, 0.25) is 0 Å². The molecule has 0 heterocycles. The second-order valence-electron chi connectivity index (χ2n) is 6.98. The fraction of sp³-hybridized carbons (Fsp3) is 0.364. The summed E-state index contributed by atoms with van der Waals surface area (Å²) in [6.45, 7) is 5.51. The molecular weight excluding hydrogens is 419 g/mol. The highest BCUT2D eigenvalue weighted by molar-refractivity contribution is 7.20. The number of hydroxylamine groups is 1. The summed E-state index contributed by atoms with van der Waals surface area (Å²) in [5.74, 6) is -0.117. The van der Waals surface area contributed by atoms with Gasteiger partial charge in [-0.2, -0.15) is 0 Å². The molecule has 0 aliphatic rings. The highest BCUT2D eigenvalue weighted by Gasteiger charge is 2.27. The maximum Gasteiger partial charge on any atom is 0.407 e. The monoisotopic (exact) mass is 446 g/mol. The van der Waals surface area contributed by atoms with Crippen molar-refractivity contribution in [2.24, 2.45) is 0 Å². The predicted molar refractivity (Wildman–Crippen MR) is 116 cm³/mol. The molecule has 2 rings (SSSR count). The molecule has 0 saturated carbocycles. The van der Waals surface area contributed by atoms with Gasteiger partial charge in [-0.05, 0) is 49.2 Å². The molecular formula is C22H27N2O6P. The molecule has 0 aromatic heterocycles. The molecule has 31 heavy (non-hydrogen) atoms. The second-order valence-corrected chi connectivity index (χ2v) is 7.54. The normalized spacial score (nSPS) is 11.9. The van der Waals surface area contributed by atoms with Crippen molar-refractivity contribution >= 4 is 20.7 Å². The summed E-state index contributed by atoms with van der Waals surface area (Å²) < 4.78 is 21.9. The van der Waals surface area contributed by atoms with E-state index < -0.39 is 26.7 Å². The topological polar surface area (TPSA) is 94.2 Å². The van der Waals surface area contributed by atoms with Crippen molar-refractivity contribution in [2.45, 2.75) is 45.9 Å². The molecule has 0 aliphatic heterocycles. The van der Waals surface area contributed by atoms with Gasteiger partial charge in [-0.1, -0.05) is 48.5 Å². The van der Waals surface area contributed by atoms with Crippen LogP contribution in [0.15, 0.2) is 54.6 Å². The van der Waals surface area contributed by atoms with E-state index in [-0.39, 0.29) is 12.7 Å². The number of esters is 1. The van der Waals surface area contributed by atoms with Crippen LogP contribution in [0.5, 0.6) is 5.75 Å². The van der Waals surface area contributed by atoms with Crippen LogP contribution >= 0.6 is 8.61 Å². The van der Waals surface area contributed by atoms with Crippen molar-refractivity contribution in [3.63, 3.8) is 0 Å². The number of benzene rings is 2. The number of amides is 1. The Hall–Kier alpha value is -2.96. The molecule has 0 bridgehead atoms. The molecule has 1 atom stereocenters. The Bertz CT molecular complexity index is 862. The third-order valence-electron chi connectivity index (χ3n) is 4.15. The first-order valence-electron chi connectivity index (χ1n) is 9.94. The Balaban J connectivity index is 1.88. The molecule has 2 aromatic rings. The summed E-state index contributed by atoms with van der Waals surface area (Å²) in [6.07, 6.45) is -0.363. The lowest BCUT2D eigenvalue weighted by Gasteiger charge is -2.22. The van der Waals surface area contributed by atoms with E-state index >= 15 is 0 Å². The summed E-state index contributed by atoms with van der Waals surface area (Å²) in [7, 11) is -0.482. The van der Waals surface area contributed by atoms with Crippen LogP contribution in [0.4, 0.5) is 4.79 Å². The number of para-hydroxylation sites is 1. The van der Waals surface area contributed by atoms with Gasteiger partial charge >= 0.3 is 12.1 Å². The van der Waals surface area contributed by atoms with Crippen molar-refractivity contribution in [2.75, 3.05) is 6.54 Å². The molecule has 0 radical (unpaired) electrons. The van der Waals surface area contributed by atoms with E-state index in [1.165, 1.54) is 0 Å². The smallest absolute Gasteiger partial charge is 0.407 e. The highest BCUT2D eigenvalue weighted by Crippen LogP contribution is 2.24. The molecule has 0 unspecified atom stereocenters. The van der Waals surface area contributed by atoms with Gasteiger partial charge in [-0.25, -0.2) is 4.79 Å². The van der Waals surface area contributed by atoms with E-state index in [4.69, 9.17) is 14.3 Å². The van der Waals surface area contributed by atoms with Crippen molar-refractivity contribution in [3.05, 3.63) is 65.7 Å². The van der Waals surface area contributed by atoms with E-state index in [0.717, 1.165) is 16.0 Å². The predicted octanol–water partition coefficient (Wildman–Crippen LogP) is 4.30. The molecule has 1 N–H and O–H groups in total. The minimum absolute atomic E-state index is 0.189. The first-order valence-corrected chi connectivity index (χ1v) is 10.7. The van der Waals surface area contributed by atoms with E-state index in [2.05, 4.69) is 5.32 Å². The van der Waals surface area contributed by atoms with Gasteiger partial charge in [0.05, 0.1) is 6.10 Å². The fourth-order valence-corrected chi connectivity index (χ4v) is 2.92. The van der Waals surface area contributed by atoms with Gasteiger partial charge in [0, 0.05) is 6.54 Å². The van der Waals surface area contributed by atoms with Crippen LogP contribution < -0.4 is 10.2 Å². The highest BCUT2D eigenvalue weighted by atomic mass is 31.1. The average Bonchev–Trinajstić information content (AvgIpc) is 2.76. The zero-order chi connectivity index (χ0) is 22.6. The molecule has 0 spiro atoms. The van der Waals surface area contributed by atoms with Crippen LogP contribution in [0, 0.1) is 0 Å². The van der Waals surface area contributed by atoms with Crippen molar-refractivity contribution < 1.29 is 28.5 Å². The summed E-state index contributed by atoms with van der Waals surface area (Å²) in [6, 6.07) is 15.6. The van der Waals surface area contributed by atoms with Crippen molar-refractivity contribution in [1.82, 2.24) is 10.2 Å². The maximum atomic E-state index is 12.1. The van der Waals surface area contributed by atoms with Gasteiger partial charge < -0.3 is 19.6 Å². The number of carbonyl (C=O) groups is 2. The van der Waals surface area contributed by atoms with E-state index in [0.29, 0.717) is 18.7 Å². The number of hydrogen-bond acceptors (Lipinski definition) is 6. The largest absolute Gasteiger partial charge is 0.462 e. The fourth-order valence-electron chi connectivity index (χ4n) is 2.56. The van der Waals surface area contributed by atoms with Crippen molar-refractivity contribution in [1.29, 1.82) is 0 Å². The number of alkyl carbamates (subject to hydrolysis) is 1. The number of nitrogens with zero attached hydrogens (tertiary/aromatic N) is 1. The van der Waals surface area contributed by atoms with Gasteiger partial charge in [0.15, 0.2) is 11.8 Å². The SMILES string of the molecule is CC(C)OC(=O)[C@H](C)N(Oc1ccccc1CCNC(=O)OCc1ccccc1)P=O. The average molecular weight is 446 g/mol. The standard InChI is InChI=1S/C22H27N2O6P/c1-16(2)29-21(25)17(3)24(31-27)30-20-12-8-7-11-19(20)13-14-23-22(26)28-15-18-9-5-4-6-10-18/h4-12,16-17H,13-15H2,1-3H3,(H,23,26)/t17-/m0/s1. The third-order valence-corrected chi connectivity index (χ3v) is 4.73. The summed E-state index contributed by atoms with van der Waals surface area (Å²) >= 11 is 0. The zero-order valence-electron chi connectivity index (χ0n) is 17.8. The lowest BCUT2D eigenvalue weighted by Crippen LogP contribution is -2.37. The number of nitrogens with one attached hydrogen (secondary N) is 1. The summed E-state index contributed by atoms with van der Waals surface area (Å²) in [4.78, 5) is 30.7. The van der Waals surface area contributed by atoms with Gasteiger partial charge in [0.25, 0.3) is 8.61 Å². The molecule has 9 heteroatoms. The van der Waals surface area contributed by atoms with E-state index in [1.54, 1.807) is 32.9 Å². The van der Waals surface area contributed by atoms with Gasteiger partial charge in [-0.3, -0.25) is 9.36 Å². The summed E-state index contributed by atoms with van der Waals surface area (Å²) in [5, 5.41) is 2.69. The Morgan fingerprint density at radius 2 is 1.71 bits per heavy atom. The Morgan fingerprint density at radius 1 is 1.03 bits per heavy atom. The number of ether oxygens (including phenoxy) is 2. The minimum atomic E-state index is -0.874. The quantitative estimate of drug-likeness (QED) is 0.312. The van der Waals surface area contributed by atoms with Crippen LogP contribution in [-0.2, 0) is 31.9 Å². The number of rotatable bonds is 11. The van der Waals surface area contributed by atoms with Gasteiger partial charge in [0.2, 0.25) is 0 Å². The molecule has 0 fully saturated rings. The van der Waals surface area contributed by atoms with E-state index in [1.807, 2.05) is 42.5 Å². The Kier molecular flexibility index (Phi) is 9.94. The maximum absolute atomic E-state index is 12.1. The van der Waals surface area contributed by atoms with Crippen LogP contribution in [0.3, 0.4) is 0 Å². The molecule has 2 aromatic carbocycles. The first-order chi connectivity index (χ1) is 14.9. The third kappa shape index (κ3) is 8.36. The lowest BCUT2D eigenvalue weighted by molar-refractivity contribution is -0.157. The summed E-state index contributed by atoms with van der Waals surface area (Å²) in [5.41, 5.74) is 1.67. The zero-order valence-corrected chi connectivity index (χ0v) is 18.7. The molecule has 1 amide bonds.